The van der Waals surface area contributed by atoms with Crippen molar-refractivity contribution in [3.05, 3.63) is 16.1 Å². The zero-order chi connectivity index (χ0) is 20.4. The van der Waals surface area contributed by atoms with Crippen molar-refractivity contribution >= 4 is 19.7 Å². The SMILES string of the molecule is C[C@H](O)CN1CCN(Cc2cnc([C@@H](C)O[Si](C)(C)C(C)(C)C)s2)[C@H](C)C1. The van der Waals surface area contributed by atoms with Gasteiger partial charge in [0.2, 0.25) is 0 Å². The van der Waals surface area contributed by atoms with Crippen LogP contribution in [0.2, 0.25) is 18.1 Å². The molecule has 0 unspecified atom stereocenters. The molecule has 3 atom stereocenters. The van der Waals surface area contributed by atoms with Gasteiger partial charge in [0.05, 0.1) is 12.2 Å². The molecule has 0 saturated carbocycles. The van der Waals surface area contributed by atoms with Crippen molar-refractivity contribution < 1.29 is 9.53 Å². The van der Waals surface area contributed by atoms with Crippen LogP contribution >= 0.6 is 11.3 Å². The van der Waals surface area contributed by atoms with Crippen LogP contribution in [0.1, 0.15) is 57.5 Å². The Balaban J connectivity index is 1.92. The van der Waals surface area contributed by atoms with Crippen LogP contribution < -0.4 is 0 Å². The van der Waals surface area contributed by atoms with Crippen LogP contribution in [0.15, 0.2) is 6.20 Å². The topological polar surface area (TPSA) is 48.8 Å². The van der Waals surface area contributed by atoms with Gasteiger partial charge < -0.3 is 9.53 Å². The summed E-state index contributed by atoms with van der Waals surface area (Å²) in [7, 11) is -1.79. The Hall–Kier alpha value is -0.313. The van der Waals surface area contributed by atoms with Gasteiger partial charge in [0, 0.05) is 49.8 Å². The van der Waals surface area contributed by atoms with Gasteiger partial charge in [0.15, 0.2) is 8.32 Å². The summed E-state index contributed by atoms with van der Waals surface area (Å²) >= 11 is 1.79. The van der Waals surface area contributed by atoms with Crippen molar-refractivity contribution in [3.63, 3.8) is 0 Å². The Morgan fingerprint density at radius 1 is 1.33 bits per heavy atom. The minimum absolute atomic E-state index is 0.0601. The van der Waals surface area contributed by atoms with Gasteiger partial charge in [-0.05, 0) is 38.9 Å². The van der Waals surface area contributed by atoms with E-state index in [0.29, 0.717) is 6.04 Å². The maximum Gasteiger partial charge on any atom is 0.193 e. The molecule has 0 bridgehead atoms. The van der Waals surface area contributed by atoms with Crippen LogP contribution in [0.3, 0.4) is 0 Å². The number of rotatable bonds is 7. The summed E-state index contributed by atoms with van der Waals surface area (Å²) in [5.74, 6) is 0. The molecule has 1 saturated heterocycles. The summed E-state index contributed by atoms with van der Waals surface area (Å²) in [6.07, 6.45) is 1.83. The predicted molar refractivity (Wildman–Crippen MR) is 117 cm³/mol. The third kappa shape index (κ3) is 6.34. The van der Waals surface area contributed by atoms with Gasteiger partial charge >= 0.3 is 0 Å². The zero-order valence-corrected chi connectivity index (χ0v) is 20.3. The molecule has 1 aliphatic rings. The summed E-state index contributed by atoms with van der Waals surface area (Å²) in [5.41, 5.74) is 0. The molecular weight excluding hydrogens is 374 g/mol. The first-order chi connectivity index (χ1) is 12.4. The van der Waals surface area contributed by atoms with Crippen LogP contribution in [0, 0.1) is 0 Å². The van der Waals surface area contributed by atoms with Crippen LogP contribution in [0.5, 0.6) is 0 Å². The highest BCUT2D eigenvalue weighted by atomic mass is 32.1. The number of hydrogen-bond acceptors (Lipinski definition) is 6. The number of nitrogens with zero attached hydrogens (tertiary/aromatic N) is 3. The first-order valence-electron chi connectivity index (χ1n) is 10.2. The molecule has 1 N–H and O–H groups in total. The van der Waals surface area contributed by atoms with Crippen LogP contribution in [0.4, 0.5) is 0 Å². The van der Waals surface area contributed by atoms with Crippen molar-refractivity contribution in [3.8, 4) is 0 Å². The fourth-order valence-corrected chi connectivity index (χ4v) is 5.66. The van der Waals surface area contributed by atoms with Gasteiger partial charge in [-0.25, -0.2) is 4.98 Å². The molecule has 0 amide bonds. The molecule has 5 nitrogen and oxygen atoms in total. The Morgan fingerprint density at radius 3 is 2.56 bits per heavy atom. The van der Waals surface area contributed by atoms with E-state index in [-0.39, 0.29) is 17.2 Å². The molecule has 0 radical (unpaired) electrons. The highest BCUT2D eigenvalue weighted by molar-refractivity contribution is 7.11. The van der Waals surface area contributed by atoms with E-state index in [1.165, 1.54) is 4.88 Å². The van der Waals surface area contributed by atoms with E-state index in [1.807, 2.05) is 13.1 Å². The van der Waals surface area contributed by atoms with E-state index in [4.69, 9.17) is 4.43 Å². The lowest BCUT2D eigenvalue weighted by Crippen LogP contribution is -2.52. The van der Waals surface area contributed by atoms with Gasteiger partial charge in [-0.3, -0.25) is 9.80 Å². The number of hydrogen-bond donors (Lipinski definition) is 1. The number of aromatic nitrogens is 1. The average Bonchev–Trinajstić information content (AvgIpc) is 2.96. The molecule has 27 heavy (non-hydrogen) atoms. The number of aliphatic hydroxyl groups is 1. The molecule has 2 heterocycles. The van der Waals surface area contributed by atoms with E-state index in [9.17, 15) is 5.11 Å². The van der Waals surface area contributed by atoms with Crippen molar-refractivity contribution in [2.45, 2.75) is 84.5 Å². The van der Waals surface area contributed by atoms with E-state index < -0.39 is 8.32 Å². The van der Waals surface area contributed by atoms with Crippen molar-refractivity contribution in [2.75, 3.05) is 26.2 Å². The largest absolute Gasteiger partial charge is 0.408 e. The highest BCUT2D eigenvalue weighted by Crippen LogP contribution is 2.40. The second-order valence-corrected chi connectivity index (χ2v) is 15.5. The Kier molecular flexibility index (Phi) is 7.66. The van der Waals surface area contributed by atoms with Gasteiger partial charge in [-0.2, -0.15) is 0 Å². The van der Waals surface area contributed by atoms with Crippen LogP contribution in [-0.4, -0.2) is 66.5 Å². The Morgan fingerprint density at radius 2 is 2.00 bits per heavy atom. The Bertz CT molecular complexity index is 600. The Labute approximate surface area is 170 Å². The van der Waals surface area contributed by atoms with Crippen LogP contribution in [0.25, 0.3) is 0 Å². The zero-order valence-electron chi connectivity index (χ0n) is 18.5. The molecular formula is C20H39N3O2SSi. The van der Waals surface area contributed by atoms with Crippen molar-refractivity contribution in [2.24, 2.45) is 0 Å². The molecule has 0 aliphatic carbocycles. The fraction of sp³-hybridized carbons (Fsp3) is 0.850. The summed E-state index contributed by atoms with van der Waals surface area (Å²) in [4.78, 5) is 10.9. The molecule has 1 fully saturated rings. The quantitative estimate of drug-likeness (QED) is 0.682. The summed E-state index contributed by atoms with van der Waals surface area (Å²) < 4.78 is 6.51. The molecule has 7 heteroatoms. The van der Waals surface area contributed by atoms with E-state index in [1.54, 1.807) is 11.3 Å². The standard InChI is InChI=1S/C20H39N3O2SSi/c1-15-12-22(13-16(2)24)9-10-23(15)14-18-11-21-19(26-18)17(3)25-27(7,8)20(4,5)6/h11,15-17,24H,9-10,12-14H2,1-8H3/t15-,16+,17-/m1/s1. The summed E-state index contributed by atoms with van der Waals surface area (Å²) in [6, 6.07) is 0.490. The monoisotopic (exact) mass is 413 g/mol. The number of piperazine rings is 1. The van der Waals surface area contributed by atoms with Gasteiger partial charge in [-0.15, -0.1) is 11.3 Å². The molecule has 0 spiro atoms. The fourth-order valence-electron chi connectivity index (χ4n) is 3.30. The normalized spacial score (nSPS) is 22.8. The molecule has 1 aromatic rings. The third-order valence-corrected chi connectivity index (χ3v) is 11.6. The lowest BCUT2D eigenvalue weighted by Gasteiger charge is -2.40. The van der Waals surface area contributed by atoms with Gasteiger partial charge in [-0.1, -0.05) is 20.8 Å². The summed E-state index contributed by atoms with van der Waals surface area (Å²) in [5, 5.41) is 10.9. The van der Waals surface area contributed by atoms with E-state index in [0.717, 1.165) is 37.7 Å². The van der Waals surface area contributed by atoms with E-state index in [2.05, 4.69) is 62.5 Å². The van der Waals surface area contributed by atoms with Crippen molar-refractivity contribution in [1.82, 2.24) is 14.8 Å². The lowest BCUT2D eigenvalue weighted by atomic mass is 10.1. The summed E-state index contributed by atoms with van der Waals surface area (Å²) in [6.45, 7) is 22.5. The first kappa shape index (κ1) is 23.0. The van der Waals surface area contributed by atoms with Crippen LogP contribution in [-0.2, 0) is 11.0 Å². The molecule has 2 rings (SSSR count). The minimum Gasteiger partial charge on any atom is -0.408 e. The van der Waals surface area contributed by atoms with Crippen molar-refractivity contribution in [1.29, 1.82) is 0 Å². The second-order valence-electron chi connectivity index (χ2n) is 9.61. The third-order valence-electron chi connectivity index (χ3n) is 5.93. The second kappa shape index (κ2) is 9.01. The number of thiazole rings is 1. The van der Waals surface area contributed by atoms with Gasteiger partial charge in [0.25, 0.3) is 0 Å². The van der Waals surface area contributed by atoms with Gasteiger partial charge in [0.1, 0.15) is 5.01 Å². The molecule has 1 aromatic heterocycles. The maximum absolute atomic E-state index is 9.61. The number of aliphatic hydroxyl groups excluding tert-OH is 1. The minimum atomic E-state index is -1.79. The predicted octanol–water partition coefficient (Wildman–Crippen LogP) is 4.11. The maximum atomic E-state index is 9.61. The average molecular weight is 414 g/mol. The molecule has 1 aliphatic heterocycles. The lowest BCUT2D eigenvalue weighted by molar-refractivity contribution is 0.0477. The highest BCUT2D eigenvalue weighted by Gasteiger charge is 2.39. The van der Waals surface area contributed by atoms with E-state index >= 15 is 0 Å². The first-order valence-corrected chi connectivity index (χ1v) is 13.9. The molecule has 156 valence electrons. The number of β-amino-alcohol motifs (C(OH)–C–C–N with tert-alkyl or cyclic N) is 1. The smallest absolute Gasteiger partial charge is 0.193 e. The molecule has 0 aromatic carbocycles.